The standard InChI is InChI=1S/C14H25N3O/c1-11-9-12(17(3)16-11)10-13(15-2)14(18-4)7-5-6-8-14/h9,13,15H,5-8,10H2,1-4H3. The van der Waals surface area contributed by atoms with E-state index in [-0.39, 0.29) is 5.60 Å². The first-order valence-electron chi connectivity index (χ1n) is 6.83. The highest BCUT2D eigenvalue weighted by molar-refractivity contribution is 5.12. The zero-order valence-electron chi connectivity index (χ0n) is 12.0. The van der Waals surface area contributed by atoms with E-state index in [9.17, 15) is 0 Å². The lowest BCUT2D eigenvalue weighted by atomic mass is 9.88. The van der Waals surface area contributed by atoms with Gasteiger partial charge in [-0.25, -0.2) is 0 Å². The number of ether oxygens (including phenoxy) is 1. The summed E-state index contributed by atoms with van der Waals surface area (Å²) in [4.78, 5) is 0. The van der Waals surface area contributed by atoms with Crippen LogP contribution >= 0.6 is 0 Å². The van der Waals surface area contributed by atoms with Crippen LogP contribution in [0.1, 0.15) is 37.1 Å². The Morgan fingerprint density at radius 1 is 1.50 bits per heavy atom. The van der Waals surface area contributed by atoms with Gasteiger partial charge < -0.3 is 10.1 Å². The molecule has 1 aliphatic rings. The van der Waals surface area contributed by atoms with Gasteiger partial charge in [0, 0.05) is 32.3 Å². The van der Waals surface area contributed by atoms with Crippen LogP contribution in [-0.4, -0.2) is 35.6 Å². The molecule has 1 unspecified atom stereocenters. The lowest BCUT2D eigenvalue weighted by Gasteiger charge is -2.36. The van der Waals surface area contributed by atoms with Crippen LogP contribution < -0.4 is 5.32 Å². The van der Waals surface area contributed by atoms with Gasteiger partial charge in [0.15, 0.2) is 0 Å². The van der Waals surface area contributed by atoms with Crippen LogP contribution in [0.5, 0.6) is 0 Å². The van der Waals surface area contributed by atoms with Crippen molar-refractivity contribution in [3.05, 3.63) is 17.5 Å². The van der Waals surface area contributed by atoms with E-state index < -0.39 is 0 Å². The van der Waals surface area contributed by atoms with Gasteiger partial charge >= 0.3 is 0 Å². The zero-order chi connectivity index (χ0) is 13.2. The fourth-order valence-corrected chi connectivity index (χ4v) is 3.28. The summed E-state index contributed by atoms with van der Waals surface area (Å²) in [5.41, 5.74) is 2.36. The van der Waals surface area contributed by atoms with E-state index >= 15 is 0 Å². The summed E-state index contributed by atoms with van der Waals surface area (Å²) in [5, 5.41) is 7.88. The number of aromatic nitrogens is 2. The topological polar surface area (TPSA) is 39.1 Å². The summed E-state index contributed by atoms with van der Waals surface area (Å²) in [6.07, 6.45) is 5.84. The Morgan fingerprint density at radius 3 is 2.61 bits per heavy atom. The van der Waals surface area contributed by atoms with Crippen molar-refractivity contribution in [3.8, 4) is 0 Å². The van der Waals surface area contributed by atoms with Crippen molar-refractivity contribution in [1.82, 2.24) is 15.1 Å². The maximum Gasteiger partial charge on any atom is 0.0834 e. The largest absolute Gasteiger partial charge is 0.377 e. The van der Waals surface area contributed by atoms with Gasteiger partial charge in [0.25, 0.3) is 0 Å². The highest BCUT2D eigenvalue weighted by Gasteiger charge is 2.41. The molecule has 1 atom stereocenters. The predicted octanol–water partition coefficient (Wildman–Crippen LogP) is 1.82. The smallest absolute Gasteiger partial charge is 0.0834 e. The fourth-order valence-electron chi connectivity index (χ4n) is 3.28. The van der Waals surface area contributed by atoms with Crippen LogP contribution in [0.3, 0.4) is 0 Å². The van der Waals surface area contributed by atoms with Gasteiger partial charge in [-0.1, -0.05) is 12.8 Å². The van der Waals surface area contributed by atoms with Gasteiger partial charge in [0.1, 0.15) is 0 Å². The first kappa shape index (κ1) is 13.6. The van der Waals surface area contributed by atoms with Crippen molar-refractivity contribution in [2.45, 2.75) is 50.7 Å². The number of nitrogens with zero attached hydrogens (tertiary/aromatic N) is 2. The molecular weight excluding hydrogens is 226 g/mol. The summed E-state index contributed by atoms with van der Waals surface area (Å²) in [7, 11) is 5.90. The van der Waals surface area contributed by atoms with E-state index in [1.54, 1.807) is 0 Å². The first-order chi connectivity index (χ1) is 8.61. The summed E-state index contributed by atoms with van der Waals surface area (Å²) in [5.74, 6) is 0. The monoisotopic (exact) mass is 251 g/mol. The lowest BCUT2D eigenvalue weighted by Crippen LogP contribution is -2.50. The number of aryl methyl sites for hydroxylation is 2. The lowest BCUT2D eigenvalue weighted by molar-refractivity contribution is -0.0340. The van der Waals surface area contributed by atoms with Crippen molar-refractivity contribution in [2.24, 2.45) is 7.05 Å². The van der Waals surface area contributed by atoms with E-state index in [4.69, 9.17) is 4.74 Å². The molecule has 0 aromatic carbocycles. The van der Waals surface area contributed by atoms with E-state index in [2.05, 4.69) is 16.5 Å². The van der Waals surface area contributed by atoms with Crippen LogP contribution in [0.25, 0.3) is 0 Å². The van der Waals surface area contributed by atoms with Crippen LogP contribution in [0.2, 0.25) is 0 Å². The van der Waals surface area contributed by atoms with Crippen LogP contribution in [0.4, 0.5) is 0 Å². The molecule has 4 heteroatoms. The van der Waals surface area contributed by atoms with Crippen LogP contribution in [0, 0.1) is 6.92 Å². The van der Waals surface area contributed by atoms with Crippen molar-refractivity contribution in [1.29, 1.82) is 0 Å². The predicted molar refractivity (Wildman–Crippen MR) is 72.7 cm³/mol. The third-order valence-corrected chi connectivity index (χ3v) is 4.35. The van der Waals surface area contributed by atoms with E-state index in [1.165, 1.54) is 18.5 Å². The van der Waals surface area contributed by atoms with E-state index in [1.807, 2.05) is 32.8 Å². The molecule has 0 radical (unpaired) electrons. The summed E-state index contributed by atoms with van der Waals surface area (Å²) in [6.45, 7) is 2.04. The Labute approximate surface area is 110 Å². The second kappa shape index (κ2) is 5.41. The van der Waals surface area contributed by atoms with Crippen molar-refractivity contribution in [2.75, 3.05) is 14.2 Å². The number of hydrogen-bond acceptors (Lipinski definition) is 3. The molecule has 2 rings (SSSR count). The molecule has 0 spiro atoms. The van der Waals surface area contributed by atoms with E-state index in [0.717, 1.165) is 25.0 Å². The molecule has 1 fully saturated rings. The molecule has 0 saturated heterocycles. The Kier molecular flexibility index (Phi) is 4.07. The molecular formula is C14H25N3O. The third-order valence-electron chi connectivity index (χ3n) is 4.35. The zero-order valence-corrected chi connectivity index (χ0v) is 12.0. The number of hydrogen-bond donors (Lipinski definition) is 1. The molecule has 0 amide bonds. The number of likely N-dealkylation sites (N-methyl/N-ethyl adjacent to an activating group) is 1. The van der Waals surface area contributed by atoms with Crippen LogP contribution in [0.15, 0.2) is 6.07 Å². The molecule has 1 heterocycles. The van der Waals surface area contributed by atoms with E-state index in [0.29, 0.717) is 6.04 Å². The molecule has 102 valence electrons. The summed E-state index contributed by atoms with van der Waals surface area (Å²) < 4.78 is 7.86. The molecule has 1 aromatic rings. The number of rotatable bonds is 5. The Morgan fingerprint density at radius 2 is 2.17 bits per heavy atom. The SMILES string of the molecule is CNC(Cc1cc(C)nn1C)C1(OC)CCCC1. The van der Waals surface area contributed by atoms with Gasteiger partial charge in [-0.2, -0.15) is 5.10 Å². The molecule has 1 N–H and O–H groups in total. The summed E-state index contributed by atoms with van der Waals surface area (Å²) >= 11 is 0. The quantitative estimate of drug-likeness (QED) is 0.867. The molecule has 0 bridgehead atoms. The minimum Gasteiger partial charge on any atom is -0.377 e. The Hall–Kier alpha value is -0.870. The molecule has 0 aliphatic heterocycles. The summed E-state index contributed by atoms with van der Waals surface area (Å²) in [6, 6.07) is 2.53. The average molecular weight is 251 g/mol. The second-order valence-corrected chi connectivity index (χ2v) is 5.42. The molecule has 1 aromatic heterocycles. The minimum atomic E-state index is 0.00687. The van der Waals surface area contributed by atoms with Gasteiger partial charge in [0.2, 0.25) is 0 Å². The van der Waals surface area contributed by atoms with Gasteiger partial charge in [-0.3, -0.25) is 4.68 Å². The number of methoxy groups -OCH3 is 1. The highest BCUT2D eigenvalue weighted by Crippen LogP contribution is 2.36. The van der Waals surface area contributed by atoms with Crippen molar-refractivity contribution in [3.63, 3.8) is 0 Å². The maximum absolute atomic E-state index is 5.88. The Bertz CT molecular complexity index is 394. The number of nitrogens with one attached hydrogen (secondary N) is 1. The molecule has 1 saturated carbocycles. The molecule has 18 heavy (non-hydrogen) atoms. The van der Waals surface area contributed by atoms with Gasteiger partial charge in [-0.05, 0) is 32.9 Å². The Balaban J connectivity index is 2.16. The van der Waals surface area contributed by atoms with Crippen molar-refractivity contribution < 1.29 is 4.74 Å². The molecule has 1 aliphatic carbocycles. The normalized spacial score (nSPS) is 20.2. The average Bonchev–Trinajstić information content (AvgIpc) is 2.94. The third kappa shape index (κ3) is 2.45. The van der Waals surface area contributed by atoms with Gasteiger partial charge in [-0.15, -0.1) is 0 Å². The maximum atomic E-state index is 5.88. The minimum absolute atomic E-state index is 0.00687. The van der Waals surface area contributed by atoms with Crippen LogP contribution in [-0.2, 0) is 18.2 Å². The van der Waals surface area contributed by atoms with Crippen molar-refractivity contribution >= 4 is 0 Å². The second-order valence-electron chi connectivity index (χ2n) is 5.42. The van der Waals surface area contributed by atoms with Gasteiger partial charge in [0.05, 0.1) is 11.3 Å². The fraction of sp³-hybridized carbons (Fsp3) is 0.786. The highest BCUT2D eigenvalue weighted by atomic mass is 16.5. The molecule has 4 nitrogen and oxygen atoms in total. The first-order valence-corrected chi connectivity index (χ1v) is 6.83.